The van der Waals surface area contributed by atoms with Crippen molar-refractivity contribution in [2.75, 3.05) is 5.32 Å². The van der Waals surface area contributed by atoms with Crippen molar-refractivity contribution in [1.29, 1.82) is 0 Å². The summed E-state index contributed by atoms with van der Waals surface area (Å²) in [5, 5.41) is 17.6. The second-order valence-corrected chi connectivity index (χ2v) is 8.97. The average Bonchev–Trinajstić information content (AvgIpc) is 3.48. The number of furan rings is 1. The van der Waals surface area contributed by atoms with Gasteiger partial charge in [0.1, 0.15) is 10.8 Å². The Morgan fingerprint density at radius 1 is 1.17 bits per heavy atom. The summed E-state index contributed by atoms with van der Waals surface area (Å²) in [5.74, 6) is -2.40. The lowest BCUT2D eigenvalue weighted by atomic mass is 9.79. The fourth-order valence-corrected chi connectivity index (χ4v) is 5.85. The largest absolute Gasteiger partial charge is 0.481 e. The van der Waals surface area contributed by atoms with Crippen LogP contribution in [0, 0.1) is 23.7 Å². The van der Waals surface area contributed by atoms with E-state index in [9.17, 15) is 19.5 Å². The molecule has 4 rings (SSSR count). The number of hydrogen-bond acceptors (Lipinski definition) is 5. The molecular weight excluding hydrogens is 404 g/mol. The zero-order valence-corrected chi connectivity index (χ0v) is 17.6. The van der Waals surface area contributed by atoms with Crippen molar-refractivity contribution in [1.82, 2.24) is 5.32 Å². The molecule has 4 atom stereocenters. The normalized spacial score (nSPS) is 24.7. The number of aliphatic carboxylic acids is 1. The van der Waals surface area contributed by atoms with Crippen LogP contribution in [0.15, 0.2) is 45.4 Å². The number of carboxylic acids is 1. The van der Waals surface area contributed by atoms with Crippen molar-refractivity contribution in [3.8, 4) is 0 Å². The van der Waals surface area contributed by atoms with Crippen molar-refractivity contribution in [3.63, 3.8) is 0 Å². The van der Waals surface area contributed by atoms with E-state index in [0.717, 1.165) is 24.0 Å². The number of carboxylic acid groups (broad SMARTS) is 1. The molecular formula is C22H24N2O5S. The third kappa shape index (κ3) is 3.56. The molecule has 3 N–H and O–H groups in total. The number of hydrogen-bond donors (Lipinski definition) is 3. The third-order valence-corrected chi connectivity index (χ3v) is 6.99. The Kier molecular flexibility index (Phi) is 5.51. The molecule has 2 fully saturated rings. The second-order valence-electron chi connectivity index (χ2n) is 8.05. The zero-order valence-electron chi connectivity index (χ0n) is 16.8. The van der Waals surface area contributed by atoms with Crippen molar-refractivity contribution >= 4 is 34.1 Å². The minimum atomic E-state index is -0.927. The molecule has 0 saturated heterocycles. The molecule has 0 spiro atoms. The fourth-order valence-electron chi connectivity index (χ4n) is 5.06. The van der Waals surface area contributed by atoms with Gasteiger partial charge in [-0.25, -0.2) is 0 Å². The molecule has 2 aliphatic carbocycles. The number of amides is 2. The molecule has 0 unspecified atom stereocenters. The van der Waals surface area contributed by atoms with Gasteiger partial charge in [0.15, 0.2) is 0 Å². The van der Waals surface area contributed by atoms with Gasteiger partial charge in [0.25, 0.3) is 5.91 Å². The fraction of sp³-hybridized carbons (Fsp3) is 0.409. The third-order valence-electron chi connectivity index (χ3n) is 6.16. The van der Waals surface area contributed by atoms with Crippen LogP contribution in [0.25, 0.3) is 0 Å². The molecule has 158 valence electrons. The summed E-state index contributed by atoms with van der Waals surface area (Å²) in [5.41, 5.74) is 2.60. The number of nitrogens with one attached hydrogen (secondary N) is 2. The van der Waals surface area contributed by atoms with E-state index in [0.29, 0.717) is 16.3 Å². The Morgan fingerprint density at radius 3 is 2.53 bits per heavy atom. The Hall–Kier alpha value is -2.87. The van der Waals surface area contributed by atoms with E-state index in [1.54, 1.807) is 23.6 Å². The molecule has 30 heavy (non-hydrogen) atoms. The first kappa shape index (κ1) is 20.4. The van der Waals surface area contributed by atoms with Crippen LogP contribution in [0.2, 0.25) is 0 Å². The van der Waals surface area contributed by atoms with Gasteiger partial charge in [0.2, 0.25) is 5.91 Å². The summed E-state index contributed by atoms with van der Waals surface area (Å²) in [4.78, 5) is 37.7. The van der Waals surface area contributed by atoms with Crippen LogP contribution in [0.5, 0.6) is 0 Å². The molecule has 2 heterocycles. The average molecular weight is 429 g/mol. The lowest BCUT2D eigenvalue weighted by molar-refractivity contribution is -0.148. The molecule has 0 radical (unpaired) electrons. The summed E-state index contributed by atoms with van der Waals surface area (Å²) >= 11 is 1.25. The summed E-state index contributed by atoms with van der Waals surface area (Å²) < 4.78 is 5.21. The summed E-state index contributed by atoms with van der Waals surface area (Å²) in [6, 6.07) is 5.15. The molecule has 2 aromatic rings. The standard InChI is InChI=1S/C22H24N2O5S/c1-11(2)16-13-5-6-14(16)18(22(27)28)17(13)20(26)24-21-15(7-9-30-21)19(25)23-10-12-4-3-8-29-12/h3-4,7-9,13-14,17-18H,5-6,10H2,1-2H3,(H,23,25)(H,24,26)(H,27,28)/t13-,14+,17-,18-/m1/s1. The van der Waals surface area contributed by atoms with E-state index in [-0.39, 0.29) is 30.2 Å². The maximum Gasteiger partial charge on any atom is 0.307 e. The minimum Gasteiger partial charge on any atom is -0.481 e. The van der Waals surface area contributed by atoms with Crippen LogP contribution in [0.4, 0.5) is 5.00 Å². The van der Waals surface area contributed by atoms with Crippen LogP contribution in [-0.2, 0) is 16.1 Å². The topological polar surface area (TPSA) is 109 Å². The summed E-state index contributed by atoms with van der Waals surface area (Å²) in [6.07, 6.45) is 3.17. The molecule has 7 nitrogen and oxygen atoms in total. The van der Waals surface area contributed by atoms with Crippen LogP contribution < -0.4 is 10.6 Å². The van der Waals surface area contributed by atoms with E-state index in [1.165, 1.54) is 17.6 Å². The van der Waals surface area contributed by atoms with Crippen LogP contribution in [-0.4, -0.2) is 22.9 Å². The van der Waals surface area contributed by atoms with Gasteiger partial charge >= 0.3 is 5.97 Å². The highest BCUT2D eigenvalue weighted by atomic mass is 32.1. The van der Waals surface area contributed by atoms with Crippen LogP contribution >= 0.6 is 11.3 Å². The lowest BCUT2D eigenvalue weighted by Gasteiger charge is -2.26. The number of fused-ring (bicyclic) bond motifs is 2. The van der Waals surface area contributed by atoms with Gasteiger partial charge in [-0.15, -0.1) is 11.3 Å². The van der Waals surface area contributed by atoms with Gasteiger partial charge in [0, 0.05) is 0 Å². The van der Waals surface area contributed by atoms with Crippen molar-refractivity contribution < 1.29 is 23.9 Å². The van der Waals surface area contributed by atoms with Gasteiger partial charge in [0.05, 0.1) is 30.2 Å². The van der Waals surface area contributed by atoms with Crippen molar-refractivity contribution in [2.24, 2.45) is 23.7 Å². The van der Waals surface area contributed by atoms with Gasteiger partial charge < -0.3 is 20.2 Å². The Bertz CT molecular complexity index is 1000. The Labute approximate surface area is 178 Å². The molecule has 0 aliphatic heterocycles. The van der Waals surface area contributed by atoms with E-state index in [1.807, 2.05) is 13.8 Å². The van der Waals surface area contributed by atoms with Crippen LogP contribution in [0.1, 0.15) is 42.8 Å². The Balaban J connectivity index is 1.51. The minimum absolute atomic E-state index is 0.0442. The number of allylic oxidation sites excluding steroid dienone is 2. The maximum atomic E-state index is 13.2. The van der Waals surface area contributed by atoms with E-state index in [2.05, 4.69) is 10.6 Å². The quantitative estimate of drug-likeness (QED) is 0.605. The van der Waals surface area contributed by atoms with E-state index in [4.69, 9.17) is 4.42 Å². The first-order valence-corrected chi connectivity index (χ1v) is 10.9. The van der Waals surface area contributed by atoms with Gasteiger partial charge in [-0.05, 0) is 62.1 Å². The van der Waals surface area contributed by atoms with Crippen molar-refractivity contribution in [2.45, 2.75) is 33.2 Å². The zero-order chi connectivity index (χ0) is 21.4. The molecule has 2 aliphatic rings. The molecule has 8 heteroatoms. The van der Waals surface area contributed by atoms with Crippen molar-refractivity contribution in [3.05, 3.63) is 52.3 Å². The highest BCUT2D eigenvalue weighted by molar-refractivity contribution is 7.14. The summed E-state index contributed by atoms with van der Waals surface area (Å²) in [7, 11) is 0. The molecule has 0 aromatic carbocycles. The van der Waals surface area contributed by atoms with Crippen LogP contribution in [0.3, 0.4) is 0 Å². The number of carbonyl (C=O) groups is 3. The summed E-state index contributed by atoms with van der Waals surface area (Å²) in [6.45, 7) is 4.22. The van der Waals surface area contributed by atoms with Gasteiger partial charge in [-0.3, -0.25) is 14.4 Å². The second kappa shape index (κ2) is 8.10. The highest BCUT2D eigenvalue weighted by Gasteiger charge is 2.57. The predicted octanol–water partition coefficient (Wildman–Crippen LogP) is 3.90. The van der Waals surface area contributed by atoms with E-state index >= 15 is 0 Å². The predicted molar refractivity (Wildman–Crippen MR) is 112 cm³/mol. The maximum absolute atomic E-state index is 13.2. The SMILES string of the molecule is CC(C)=C1[C@H]2CC[C@@H]1[C@@H](C(=O)O)[C@@H]2C(=O)Nc1sccc1C(=O)NCc1ccco1. The number of rotatable bonds is 6. The smallest absolute Gasteiger partial charge is 0.307 e. The molecule has 2 amide bonds. The number of thiophene rings is 1. The lowest BCUT2D eigenvalue weighted by Crippen LogP contribution is -2.38. The molecule has 2 bridgehead atoms. The monoisotopic (exact) mass is 428 g/mol. The highest BCUT2D eigenvalue weighted by Crippen LogP contribution is 2.57. The first-order valence-electron chi connectivity index (χ1n) is 9.97. The van der Waals surface area contributed by atoms with Gasteiger partial charge in [-0.2, -0.15) is 0 Å². The Morgan fingerprint density at radius 2 is 1.90 bits per heavy atom. The number of carbonyl (C=O) groups excluding carboxylic acids is 2. The molecule has 2 saturated carbocycles. The van der Waals surface area contributed by atoms with Gasteiger partial charge in [-0.1, -0.05) is 11.1 Å². The van der Waals surface area contributed by atoms with E-state index < -0.39 is 17.8 Å². The molecule has 2 aromatic heterocycles. The first-order chi connectivity index (χ1) is 14.4. The number of anilines is 1.